The second-order valence-corrected chi connectivity index (χ2v) is 3.68. The van der Waals surface area contributed by atoms with Gasteiger partial charge in [-0.05, 0) is 0 Å². The summed E-state index contributed by atoms with van der Waals surface area (Å²) >= 11 is 0. The molecule has 0 atom stereocenters. The Morgan fingerprint density at radius 3 is 1.09 bits per heavy atom. The smallest absolute Gasteiger partial charge is 0.284 e. The van der Waals surface area contributed by atoms with Crippen LogP contribution in [-0.2, 0) is 4.79 Å². The Kier molecular flexibility index (Phi) is 5.13. The van der Waals surface area contributed by atoms with E-state index in [4.69, 9.17) is 0 Å². The van der Waals surface area contributed by atoms with Gasteiger partial charge in [-0.15, -0.1) is 0 Å². The number of alkyl halides is 12. The van der Waals surface area contributed by atoms with Crippen LogP contribution in [0.15, 0.2) is 11.7 Å². The minimum Gasteiger partial charge on any atom is -0.284 e. The minimum atomic E-state index is -7.36. The van der Waals surface area contributed by atoms with Crippen LogP contribution in [0.2, 0.25) is 0 Å². The van der Waals surface area contributed by atoms with Gasteiger partial charge in [0.25, 0.3) is 5.78 Å². The second kappa shape index (κ2) is 5.51. The molecular weight excluding hydrogens is 378 g/mol. The molecule has 0 unspecified atom stereocenters. The van der Waals surface area contributed by atoms with Crippen molar-refractivity contribution in [2.45, 2.75) is 30.1 Å². The highest BCUT2D eigenvalue weighted by Crippen LogP contribution is 2.52. The van der Waals surface area contributed by atoms with Gasteiger partial charge in [-0.3, -0.25) is 4.79 Å². The first-order valence-electron chi connectivity index (χ1n) is 4.60. The molecule has 1 nitrogen and oxygen atoms in total. The maximum atomic E-state index is 12.9. The molecule has 0 aromatic carbocycles. The molecule has 0 aliphatic carbocycles. The molecule has 0 radical (unpaired) electrons. The lowest BCUT2D eigenvalue weighted by Crippen LogP contribution is -2.55. The van der Waals surface area contributed by atoms with Crippen LogP contribution in [0.5, 0.6) is 0 Å². The topological polar surface area (TPSA) is 17.1 Å². The maximum absolute atomic E-state index is 12.9. The largest absolute Gasteiger partial charge is 0.461 e. The normalized spacial score (nSPS) is 16.3. The van der Waals surface area contributed by atoms with Crippen molar-refractivity contribution in [1.29, 1.82) is 0 Å². The fourth-order valence-corrected chi connectivity index (χ4v) is 0.927. The van der Waals surface area contributed by atoms with E-state index in [1.165, 1.54) is 0 Å². The van der Waals surface area contributed by atoms with Crippen LogP contribution in [0.1, 0.15) is 0 Å². The molecule has 0 rings (SSSR count). The van der Waals surface area contributed by atoms with Crippen LogP contribution >= 0.6 is 0 Å². The van der Waals surface area contributed by atoms with Gasteiger partial charge in [0.15, 0.2) is 5.83 Å². The summed E-state index contributed by atoms with van der Waals surface area (Å²) in [6.45, 7) is 0. The molecule has 0 saturated carbocycles. The van der Waals surface area contributed by atoms with E-state index < -0.39 is 47.6 Å². The first-order valence-corrected chi connectivity index (χ1v) is 4.60. The van der Waals surface area contributed by atoms with Gasteiger partial charge in [-0.2, -0.15) is 52.7 Å². The van der Waals surface area contributed by atoms with E-state index in [0.717, 1.165) is 0 Å². The molecule has 0 N–H and O–H groups in total. The Hall–Kier alpha value is -1.57. The third-order valence-electron chi connectivity index (χ3n) is 2.12. The zero-order chi connectivity index (χ0) is 19.2. The molecule has 0 bridgehead atoms. The average molecular weight is 378 g/mol. The second-order valence-electron chi connectivity index (χ2n) is 3.68. The molecule has 0 saturated heterocycles. The van der Waals surface area contributed by atoms with Crippen molar-refractivity contribution in [3.63, 3.8) is 0 Å². The van der Waals surface area contributed by atoms with Gasteiger partial charge >= 0.3 is 30.1 Å². The lowest BCUT2D eigenvalue weighted by molar-refractivity contribution is -0.331. The van der Waals surface area contributed by atoms with Gasteiger partial charge < -0.3 is 0 Å². The third-order valence-corrected chi connectivity index (χ3v) is 2.12. The van der Waals surface area contributed by atoms with Crippen molar-refractivity contribution in [1.82, 2.24) is 0 Å². The molecule has 0 aromatic rings. The molecule has 0 fully saturated rings. The van der Waals surface area contributed by atoms with Crippen LogP contribution in [-0.4, -0.2) is 35.9 Å². The number of Topliss-reactive ketones (excluding diaryl/α,β-unsaturated/α-hetero) is 1. The van der Waals surface area contributed by atoms with E-state index in [2.05, 4.69) is 0 Å². The van der Waals surface area contributed by atoms with Crippen LogP contribution < -0.4 is 0 Å². The highest BCUT2D eigenvalue weighted by molar-refractivity contribution is 6.00. The number of allylic oxidation sites excluding steroid dienone is 2. The minimum absolute atomic E-state index is 4.46. The highest BCUT2D eigenvalue weighted by Gasteiger charge is 2.77. The average Bonchev–Trinajstić information content (AvgIpc) is 2.30. The molecule has 136 valence electrons. The van der Waals surface area contributed by atoms with E-state index in [1.54, 1.807) is 0 Å². The van der Waals surface area contributed by atoms with Crippen LogP contribution in [0.25, 0.3) is 0 Å². The summed E-state index contributed by atoms with van der Waals surface area (Å²) in [6, 6.07) is 0. The maximum Gasteiger partial charge on any atom is 0.461 e. The van der Waals surface area contributed by atoms with Crippen LogP contribution in [0.4, 0.5) is 61.5 Å². The standard InChI is InChI=1S/C8F14O/c9-1(3(23)5(12,13)8(20,21)22)2(10)4(11,6(14,15)16)7(17,18)19/b2-1-. The monoisotopic (exact) mass is 378 g/mol. The van der Waals surface area contributed by atoms with Gasteiger partial charge in [0.05, 0.1) is 0 Å². The van der Waals surface area contributed by atoms with Crippen LogP contribution in [0, 0.1) is 0 Å². The van der Waals surface area contributed by atoms with Crippen molar-refractivity contribution in [2.24, 2.45) is 0 Å². The summed E-state index contributed by atoms with van der Waals surface area (Å²) in [7, 11) is 0. The first-order chi connectivity index (χ1) is 9.73. The van der Waals surface area contributed by atoms with Gasteiger partial charge in [-0.25, -0.2) is 8.78 Å². The van der Waals surface area contributed by atoms with Crippen molar-refractivity contribution in [3.8, 4) is 0 Å². The number of rotatable bonds is 3. The Morgan fingerprint density at radius 1 is 0.565 bits per heavy atom. The fourth-order valence-electron chi connectivity index (χ4n) is 0.927. The zero-order valence-electron chi connectivity index (χ0n) is 9.70. The van der Waals surface area contributed by atoms with Crippen molar-refractivity contribution in [2.75, 3.05) is 0 Å². The fraction of sp³-hybridized carbons (Fsp3) is 0.625. The Bertz CT molecular complexity index is 488. The van der Waals surface area contributed by atoms with Gasteiger partial charge in [0.1, 0.15) is 0 Å². The molecule has 0 heterocycles. The molecule has 0 aliphatic heterocycles. The number of hydrogen-bond acceptors (Lipinski definition) is 1. The number of carbonyl (C=O) groups excluding carboxylic acids is 1. The third kappa shape index (κ3) is 3.36. The van der Waals surface area contributed by atoms with Crippen molar-refractivity contribution >= 4 is 5.78 Å². The summed E-state index contributed by atoms with van der Waals surface area (Å²) in [5.41, 5.74) is -7.30. The van der Waals surface area contributed by atoms with E-state index in [9.17, 15) is 66.3 Å². The zero-order valence-corrected chi connectivity index (χ0v) is 9.70. The van der Waals surface area contributed by atoms with Crippen LogP contribution in [0.3, 0.4) is 0 Å². The SMILES string of the molecule is O=C(/C(F)=C(/F)C(F)(C(F)(F)F)C(F)(F)F)C(F)(F)C(F)(F)F. The van der Waals surface area contributed by atoms with E-state index in [1.807, 2.05) is 0 Å². The Labute approximate surface area is 115 Å². The number of hydrogen-bond donors (Lipinski definition) is 0. The molecule has 15 heteroatoms. The number of ketones is 1. The van der Waals surface area contributed by atoms with Crippen molar-refractivity contribution < 1.29 is 66.3 Å². The quantitative estimate of drug-likeness (QED) is 0.513. The van der Waals surface area contributed by atoms with Crippen molar-refractivity contribution in [3.05, 3.63) is 11.7 Å². The summed E-state index contributed by atoms with van der Waals surface area (Å²) in [6.07, 6.45) is -21.7. The number of halogens is 14. The highest BCUT2D eigenvalue weighted by atomic mass is 19.4. The molecule has 0 spiro atoms. The van der Waals surface area contributed by atoms with Gasteiger partial charge in [-0.1, -0.05) is 0 Å². The molecule has 0 aliphatic rings. The van der Waals surface area contributed by atoms with E-state index in [0.29, 0.717) is 0 Å². The van der Waals surface area contributed by atoms with E-state index in [-0.39, 0.29) is 0 Å². The first kappa shape index (κ1) is 21.4. The Balaban J connectivity index is 6.38. The number of carbonyl (C=O) groups is 1. The molecule has 23 heavy (non-hydrogen) atoms. The molecule has 0 aromatic heterocycles. The lowest BCUT2D eigenvalue weighted by Gasteiger charge is -2.28. The molecule has 0 amide bonds. The summed E-state index contributed by atoms with van der Waals surface area (Å²) in [4.78, 5) is 10.3. The Morgan fingerprint density at radius 2 is 0.870 bits per heavy atom. The summed E-state index contributed by atoms with van der Waals surface area (Å²) in [5, 5.41) is 0. The van der Waals surface area contributed by atoms with Gasteiger partial charge in [0.2, 0.25) is 5.83 Å². The van der Waals surface area contributed by atoms with Gasteiger partial charge in [0, 0.05) is 0 Å². The molecular formula is C8F14O. The van der Waals surface area contributed by atoms with E-state index >= 15 is 0 Å². The summed E-state index contributed by atoms with van der Waals surface area (Å²) in [5.74, 6) is -20.7. The predicted molar refractivity (Wildman–Crippen MR) is 41.2 cm³/mol. The summed E-state index contributed by atoms with van der Waals surface area (Å²) < 4.78 is 170. The predicted octanol–water partition coefficient (Wildman–Crippen LogP) is 4.74. The lowest BCUT2D eigenvalue weighted by atomic mass is 10.00.